The Labute approximate surface area is 73.9 Å². The number of hydrogen-bond donors (Lipinski definition) is 1. The summed E-state index contributed by atoms with van der Waals surface area (Å²) in [4.78, 5) is 13.4. The van der Waals surface area contributed by atoms with Crippen molar-refractivity contribution < 1.29 is 4.79 Å². The van der Waals surface area contributed by atoms with E-state index in [1.807, 2.05) is 18.7 Å². The highest BCUT2D eigenvalue weighted by Gasteiger charge is 2.30. The zero-order valence-electron chi connectivity index (χ0n) is 7.97. The molecule has 0 spiro atoms. The predicted octanol–water partition coefficient (Wildman–Crippen LogP) is 0.736. The molecular weight excluding hydrogens is 152 g/mol. The van der Waals surface area contributed by atoms with Gasteiger partial charge in [-0.2, -0.15) is 0 Å². The van der Waals surface area contributed by atoms with E-state index in [0.29, 0.717) is 13.0 Å². The van der Waals surface area contributed by atoms with Gasteiger partial charge in [-0.3, -0.25) is 4.79 Å². The van der Waals surface area contributed by atoms with Crippen LogP contribution >= 0.6 is 0 Å². The van der Waals surface area contributed by atoms with Gasteiger partial charge in [0.05, 0.1) is 0 Å². The van der Waals surface area contributed by atoms with Crippen molar-refractivity contribution in [1.29, 1.82) is 0 Å². The molecule has 0 bridgehead atoms. The van der Waals surface area contributed by atoms with Gasteiger partial charge in [-0.15, -0.1) is 0 Å². The van der Waals surface area contributed by atoms with Crippen LogP contribution in [0.3, 0.4) is 0 Å². The van der Waals surface area contributed by atoms with Crippen LogP contribution in [0.1, 0.15) is 33.1 Å². The lowest BCUT2D eigenvalue weighted by Gasteiger charge is -2.40. The average Bonchev–Trinajstić information content (AvgIpc) is 2.05. The maximum absolute atomic E-state index is 11.5. The molecule has 2 N–H and O–H groups in total. The van der Waals surface area contributed by atoms with Crippen LogP contribution in [0.25, 0.3) is 0 Å². The second-order valence-electron chi connectivity index (χ2n) is 4.02. The van der Waals surface area contributed by atoms with E-state index in [9.17, 15) is 4.79 Å². The summed E-state index contributed by atoms with van der Waals surface area (Å²) in [6.45, 7) is 5.47. The molecule has 70 valence electrons. The van der Waals surface area contributed by atoms with Crippen molar-refractivity contribution in [1.82, 2.24) is 4.90 Å². The second kappa shape index (κ2) is 3.44. The molecule has 3 nitrogen and oxygen atoms in total. The molecular formula is C9H18N2O. The molecule has 1 amide bonds. The summed E-state index contributed by atoms with van der Waals surface area (Å²) in [6, 6.07) is 0. The van der Waals surface area contributed by atoms with E-state index < -0.39 is 0 Å². The van der Waals surface area contributed by atoms with Gasteiger partial charge in [-0.05, 0) is 26.7 Å². The molecule has 0 saturated carbocycles. The van der Waals surface area contributed by atoms with Gasteiger partial charge < -0.3 is 10.6 Å². The van der Waals surface area contributed by atoms with Crippen molar-refractivity contribution >= 4 is 5.91 Å². The lowest BCUT2D eigenvalue weighted by Crippen LogP contribution is -2.53. The number of hydrogen-bond acceptors (Lipinski definition) is 2. The highest BCUT2D eigenvalue weighted by atomic mass is 16.2. The van der Waals surface area contributed by atoms with Crippen LogP contribution in [0.15, 0.2) is 0 Å². The van der Waals surface area contributed by atoms with Gasteiger partial charge in [0, 0.05) is 25.0 Å². The third-order valence-electron chi connectivity index (χ3n) is 2.55. The number of carbonyl (C=O) groups excluding carboxylic acids is 1. The lowest BCUT2D eigenvalue weighted by molar-refractivity contribution is -0.138. The summed E-state index contributed by atoms with van der Waals surface area (Å²) in [5.41, 5.74) is 5.45. The molecule has 1 saturated heterocycles. The standard InChI is InChI=1S/C9H18N2O/c1-9(2,7-10)11-6-4-3-5-8(11)12/h3-7,10H2,1-2H3. The minimum Gasteiger partial charge on any atom is -0.336 e. The van der Waals surface area contributed by atoms with Crippen LogP contribution in [0, 0.1) is 0 Å². The maximum Gasteiger partial charge on any atom is 0.223 e. The quantitative estimate of drug-likeness (QED) is 0.664. The van der Waals surface area contributed by atoms with Gasteiger partial charge in [-0.1, -0.05) is 0 Å². The van der Waals surface area contributed by atoms with Gasteiger partial charge in [0.2, 0.25) is 5.91 Å². The fraction of sp³-hybridized carbons (Fsp3) is 0.889. The monoisotopic (exact) mass is 170 g/mol. The van der Waals surface area contributed by atoms with Gasteiger partial charge in [-0.25, -0.2) is 0 Å². The molecule has 1 heterocycles. The molecule has 0 unspecified atom stereocenters. The summed E-state index contributed by atoms with van der Waals surface area (Å²) in [6.07, 6.45) is 2.86. The summed E-state index contributed by atoms with van der Waals surface area (Å²) >= 11 is 0. The molecule has 0 atom stereocenters. The molecule has 0 aromatic carbocycles. The fourth-order valence-electron chi connectivity index (χ4n) is 1.56. The Morgan fingerprint density at radius 1 is 1.50 bits per heavy atom. The third-order valence-corrected chi connectivity index (χ3v) is 2.55. The molecule has 0 aromatic rings. The van der Waals surface area contributed by atoms with Crippen LogP contribution in [-0.4, -0.2) is 29.4 Å². The van der Waals surface area contributed by atoms with Crippen LogP contribution in [-0.2, 0) is 4.79 Å². The molecule has 12 heavy (non-hydrogen) atoms. The SMILES string of the molecule is CC(C)(CN)N1CCCCC1=O. The first-order chi connectivity index (χ1) is 5.58. The number of nitrogens with zero attached hydrogens (tertiary/aromatic N) is 1. The Balaban J connectivity index is 2.65. The number of amides is 1. The van der Waals surface area contributed by atoms with E-state index in [1.54, 1.807) is 0 Å². The van der Waals surface area contributed by atoms with Crippen molar-refractivity contribution in [3.05, 3.63) is 0 Å². The molecule has 1 aliphatic heterocycles. The Bertz CT molecular complexity index is 177. The zero-order valence-corrected chi connectivity index (χ0v) is 7.97. The number of nitrogens with two attached hydrogens (primary N) is 1. The first-order valence-corrected chi connectivity index (χ1v) is 4.58. The number of carbonyl (C=O) groups is 1. The number of rotatable bonds is 2. The van der Waals surface area contributed by atoms with Crippen LogP contribution < -0.4 is 5.73 Å². The molecule has 0 aliphatic carbocycles. The normalized spacial score (nSPS) is 19.9. The minimum atomic E-state index is -0.155. The molecule has 3 heteroatoms. The van der Waals surface area contributed by atoms with Crippen molar-refractivity contribution in [2.24, 2.45) is 5.73 Å². The van der Waals surface area contributed by atoms with Crippen molar-refractivity contribution in [3.63, 3.8) is 0 Å². The fourth-order valence-corrected chi connectivity index (χ4v) is 1.56. The third kappa shape index (κ3) is 1.78. The summed E-state index contributed by atoms with van der Waals surface area (Å²) < 4.78 is 0. The number of likely N-dealkylation sites (tertiary alicyclic amines) is 1. The van der Waals surface area contributed by atoms with Crippen molar-refractivity contribution in [2.75, 3.05) is 13.1 Å². The highest BCUT2D eigenvalue weighted by molar-refractivity contribution is 5.77. The van der Waals surface area contributed by atoms with Gasteiger partial charge in [0.25, 0.3) is 0 Å². The predicted molar refractivity (Wildman–Crippen MR) is 48.7 cm³/mol. The Hall–Kier alpha value is -0.570. The lowest BCUT2D eigenvalue weighted by atomic mass is 9.98. The Morgan fingerprint density at radius 2 is 2.17 bits per heavy atom. The molecule has 1 rings (SSSR count). The summed E-state index contributed by atoms with van der Waals surface area (Å²) in [7, 11) is 0. The highest BCUT2D eigenvalue weighted by Crippen LogP contribution is 2.20. The van der Waals surface area contributed by atoms with E-state index in [4.69, 9.17) is 5.73 Å². The summed E-state index contributed by atoms with van der Waals surface area (Å²) in [5, 5.41) is 0. The van der Waals surface area contributed by atoms with E-state index in [1.165, 1.54) is 0 Å². The largest absolute Gasteiger partial charge is 0.336 e. The smallest absolute Gasteiger partial charge is 0.223 e. The molecule has 0 aromatic heterocycles. The molecule has 1 aliphatic rings. The van der Waals surface area contributed by atoms with Gasteiger partial charge in [0.1, 0.15) is 0 Å². The second-order valence-corrected chi connectivity index (χ2v) is 4.02. The first-order valence-electron chi connectivity index (χ1n) is 4.58. The Kier molecular flexibility index (Phi) is 2.73. The topological polar surface area (TPSA) is 46.3 Å². The van der Waals surface area contributed by atoms with E-state index >= 15 is 0 Å². The average molecular weight is 170 g/mol. The number of piperidine rings is 1. The maximum atomic E-state index is 11.5. The van der Waals surface area contributed by atoms with Crippen LogP contribution in [0.5, 0.6) is 0 Å². The van der Waals surface area contributed by atoms with Crippen molar-refractivity contribution in [2.45, 2.75) is 38.6 Å². The molecule has 1 fully saturated rings. The van der Waals surface area contributed by atoms with Gasteiger partial charge >= 0.3 is 0 Å². The van der Waals surface area contributed by atoms with E-state index in [-0.39, 0.29) is 11.4 Å². The minimum absolute atomic E-state index is 0.155. The Morgan fingerprint density at radius 3 is 2.67 bits per heavy atom. The zero-order chi connectivity index (χ0) is 9.19. The van der Waals surface area contributed by atoms with E-state index in [2.05, 4.69) is 0 Å². The van der Waals surface area contributed by atoms with Crippen LogP contribution in [0.4, 0.5) is 0 Å². The van der Waals surface area contributed by atoms with E-state index in [0.717, 1.165) is 19.4 Å². The first kappa shape index (κ1) is 9.52. The van der Waals surface area contributed by atoms with Crippen LogP contribution in [0.2, 0.25) is 0 Å². The molecule has 0 radical (unpaired) electrons. The summed E-state index contributed by atoms with van der Waals surface area (Å²) in [5.74, 6) is 0.261. The van der Waals surface area contributed by atoms with Crippen molar-refractivity contribution in [3.8, 4) is 0 Å². The van der Waals surface area contributed by atoms with Gasteiger partial charge in [0.15, 0.2) is 0 Å².